The Hall–Kier alpha value is -0.860. The molecule has 1 aromatic rings. The monoisotopic (exact) mass is 260 g/mol. The maximum atomic E-state index is 6.01. The molecule has 1 heterocycles. The molecule has 0 bridgehead atoms. The molecule has 0 spiro atoms. The number of hydrogen-bond donors (Lipinski definition) is 1. The third kappa shape index (κ3) is 3.37. The van der Waals surface area contributed by atoms with E-state index in [1.54, 1.807) is 0 Å². The van der Waals surface area contributed by atoms with Gasteiger partial charge < -0.3 is 5.73 Å². The van der Waals surface area contributed by atoms with Gasteiger partial charge in [-0.2, -0.15) is 0 Å². The quantitative estimate of drug-likeness (QED) is 0.897. The van der Waals surface area contributed by atoms with Gasteiger partial charge in [0.1, 0.15) is 0 Å². The lowest BCUT2D eigenvalue weighted by Gasteiger charge is -2.42. The van der Waals surface area contributed by atoms with Gasteiger partial charge in [0.15, 0.2) is 0 Å². The van der Waals surface area contributed by atoms with Gasteiger partial charge in [-0.05, 0) is 44.7 Å². The molecule has 2 heteroatoms. The summed E-state index contributed by atoms with van der Waals surface area (Å²) in [5.74, 6) is 0.870. The molecule has 3 atom stereocenters. The van der Waals surface area contributed by atoms with Crippen molar-refractivity contribution in [2.24, 2.45) is 11.7 Å². The summed E-state index contributed by atoms with van der Waals surface area (Å²) < 4.78 is 0. The maximum Gasteiger partial charge on any atom is 0.0323 e. The highest BCUT2D eigenvalue weighted by Crippen LogP contribution is 2.32. The molecule has 1 aromatic carbocycles. The van der Waals surface area contributed by atoms with E-state index in [1.807, 2.05) is 0 Å². The molecule has 2 rings (SSSR count). The Labute approximate surface area is 118 Å². The van der Waals surface area contributed by atoms with Gasteiger partial charge in [0.2, 0.25) is 0 Å². The normalized spacial score (nSPS) is 26.3. The van der Waals surface area contributed by atoms with Crippen molar-refractivity contribution in [3.63, 3.8) is 0 Å². The van der Waals surface area contributed by atoms with Crippen LogP contribution < -0.4 is 5.73 Å². The second-order valence-electron chi connectivity index (χ2n) is 6.02. The minimum Gasteiger partial charge on any atom is -0.329 e. The SMILES string of the molecule is CCC1CCN(C(C)c2cccc(C)c2)C(CN)C1. The summed E-state index contributed by atoms with van der Waals surface area (Å²) in [5, 5.41) is 0. The molecular weight excluding hydrogens is 232 g/mol. The number of hydrogen-bond acceptors (Lipinski definition) is 2. The molecule has 0 radical (unpaired) electrons. The Kier molecular flexibility index (Phi) is 5.00. The summed E-state index contributed by atoms with van der Waals surface area (Å²) in [4.78, 5) is 2.61. The zero-order valence-electron chi connectivity index (χ0n) is 12.6. The summed E-state index contributed by atoms with van der Waals surface area (Å²) in [6.07, 6.45) is 3.88. The van der Waals surface area contributed by atoms with Crippen molar-refractivity contribution in [2.45, 2.75) is 52.1 Å². The van der Waals surface area contributed by atoms with Crippen LogP contribution >= 0.6 is 0 Å². The van der Waals surface area contributed by atoms with E-state index in [0.29, 0.717) is 12.1 Å². The van der Waals surface area contributed by atoms with E-state index >= 15 is 0 Å². The number of piperidine rings is 1. The van der Waals surface area contributed by atoms with Gasteiger partial charge in [0, 0.05) is 18.6 Å². The van der Waals surface area contributed by atoms with Crippen LogP contribution in [0.25, 0.3) is 0 Å². The maximum absolute atomic E-state index is 6.01. The highest BCUT2D eigenvalue weighted by molar-refractivity contribution is 5.25. The Morgan fingerprint density at radius 1 is 1.42 bits per heavy atom. The molecule has 1 saturated heterocycles. The molecule has 106 valence electrons. The number of nitrogens with two attached hydrogens (primary N) is 1. The second kappa shape index (κ2) is 6.53. The van der Waals surface area contributed by atoms with Gasteiger partial charge >= 0.3 is 0 Å². The van der Waals surface area contributed by atoms with Crippen molar-refractivity contribution >= 4 is 0 Å². The molecule has 2 N–H and O–H groups in total. The fourth-order valence-corrected chi connectivity index (χ4v) is 3.39. The molecule has 3 unspecified atom stereocenters. The summed E-state index contributed by atoms with van der Waals surface area (Å²) in [6, 6.07) is 9.92. The molecule has 1 aliphatic heterocycles. The second-order valence-corrected chi connectivity index (χ2v) is 6.02. The first-order valence-electron chi connectivity index (χ1n) is 7.68. The molecule has 0 saturated carbocycles. The van der Waals surface area contributed by atoms with Crippen LogP contribution in [0.5, 0.6) is 0 Å². The molecular formula is C17H28N2. The topological polar surface area (TPSA) is 29.3 Å². The van der Waals surface area contributed by atoms with Crippen molar-refractivity contribution < 1.29 is 0 Å². The summed E-state index contributed by atoms with van der Waals surface area (Å²) in [5.41, 5.74) is 8.78. The Morgan fingerprint density at radius 3 is 2.84 bits per heavy atom. The minimum absolute atomic E-state index is 0.478. The lowest BCUT2D eigenvalue weighted by Crippen LogP contribution is -2.47. The third-order valence-corrected chi connectivity index (χ3v) is 4.74. The number of rotatable bonds is 4. The van der Waals surface area contributed by atoms with E-state index in [0.717, 1.165) is 12.5 Å². The molecule has 0 aliphatic carbocycles. The first-order valence-corrected chi connectivity index (χ1v) is 7.68. The van der Waals surface area contributed by atoms with E-state index in [9.17, 15) is 0 Å². The van der Waals surface area contributed by atoms with E-state index in [1.165, 1.54) is 36.9 Å². The Balaban J connectivity index is 2.11. The predicted molar refractivity (Wildman–Crippen MR) is 82.2 cm³/mol. The van der Waals surface area contributed by atoms with Gasteiger partial charge in [0.05, 0.1) is 0 Å². The fourth-order valence-electron chi connectivity index (χ4n) is 3.39. The Morgan fingerprint density at radius 2 is 2.21 bits per heavy atom. The van der Waals surface area contributed by atoms with Crippen molar-refractivity contribution in [1.82, 2.24) is 4.90 Å². The van der Waals surface area contributed by atoms with Crippen molar-refractivity contribution in [3.8, 4) is 0 Å². The van der Waals surface area contributed by atoms with Crippen LogP contribution in [0.15, 0.2) is 24.3 Å². The van der Waals surface area contributed by atoms with E-state index in [-0.39, 0.29) is 0 Å². The van der Waals surface area contributed by atoms with E-state index in [4.69, 9.17) is 5.73 Å². The highest BCUT2D eigenvalue weighted by Gasteiger charge is 2.30. The van der Waals surface area contributed by atoms with Gasteiger partial charge in [-0.25, -0.2) is 0 Å². The lowest BCUT2D eigenvalue weighted by molar-refractivity contribution is 0.0772. The smallest absolute Gasteiger partial charge is 0.0323 e. The van der Waals surface area contributed by atoms with Crippen LogP contribution in [-0.4, -0.2) is 24.0 Å². The molecule has 1 fully saturated rings. The fraction of sp³-hybridized carbons (Fsp3) is 0.647. The third-order valence-electron chi connectivity index (χ3n) is 4.74. The van der Waals surface area contributed by atoms with Crippen molar-refractivity contribution in [2.75, 3.05) is 13.1 Å². The highest BCUT2D eigenvalue weighted by atomic mass is 15.2. The van der Waals surface area contributed by atoms with Crippen LogP contribution in [0.2, 0.25) is 0 Å². The van der Waals surface area contributed by atoms with Crippen LogP contribution in [0, 0.1) is 12.8 Å². The molecule has 0 aromatic heterocycles. The first kappa shape index (κ1) is 14.5. The molecule has 2 nitrogen and oxygen atoms in total. The summed E-state index contributed by atoms with van der Waals surface area (Å²) in [7, 11) is 0. The predicted octanol–water partition coefficient (Wildman–Crippen LogP) is 3.51. The summed E-state index contributed by atoms with van der Waals surface area (Å²) >= 11 is 0. The number of likely N-dealkylation sites (tertiary alicyclic amines) is 1. The molecule has 0 amide bonds. The average molecular weight is 260 g/mol. The first-order chi connectivity index (χ1) is 9.15. The van der Waals surface area contributed by atoms with Gasteiger partial charge in [-0.15, -0.1) is 0 Å². The number of benzene rings is 1. The summed E-state index contributed by atoms with van der Waals surface area (Å²) in [6.45, 7) is 8.77. The van der Waals surface area contributed by atoms with Crippen LogP contribution in [0.4, 0.5) is 0 Å². The molecule has 19 heavy (non-hydrogen) atoms. The standard InChI is InChI=1S/C17H28N2/c1-4-15-8-9-19(17(11-15)12-18)14(3)16-7-5-6-13(2)10-16/h5-7,10,14-15,17H,4,8-9,11-12,18H2,1-3H3. The lowest BCUT2D eigenvalue weighted by atomic mass is 9.87. The van der Waals surface area contributed by atoms with E-state index < -0.39 is 0 Å². The van der Waals surface area contributed by atoms with Gasteiger partial charge in [0.25, 0.3) is 0 Å². The van der Waals surface area contributed by atoms with Crippen LogP contribution in [0.3, 0.4) is 0 Å². The molecule has 1 aliphatic rings. The van der Waals surface area contributed by atoms with Gasteiger partial charge in [-0.3, -0.25) is 4.90 Å². The number of aryl methyl sites for hydroxylation is 1. The van der Waals surface area contributed by atoms with Crippen LogP contribution in [-0.2, 0) is 0 Å². The van der Waals surface area contributed by atoms with Gasteiger partial charge in [-0.1, -0.05) is 43.2 Å². The average Bonchev–Trinajstić information content (AvgIpc) is 2.45. The van der Waals surface area contributed by atoms with E-state index in [2.05, 4.69) is 49.9 Å². The van der Waals surface area contributed by atoms with Crippen molar-refractivity contribution in [3.05, 3.63) is 35.4 Å². The minimum atomic E-state index is 0.478. The largest absolute Gasteiger partial charge is 0.329 e. The zero-order valence-corrected chi connectivity index (χ0v) is 12.6. The number of nitrogens with zero attached hydrogens (tertiary/aromatic N) is 1. The van der Waals surface area contributed by atoms with Crippen molar-refractivity contribution in [1.29, 1.82) is 0 Å². The zero-order chi connectivity index (χ0) is 13.8. The van der Waals surface area contributed by atoms with Crippen LogP contribution in [0.1, 0.15) is 50.3 Å². The Bertz CT molecular complexity index is 402.